The summed E-state index contributed by atoms with van der Waals surface area (Å²) in [6, 6.07) is 10.4. The largest absolute Gasteiger partial charge is 0.497 e. The second kappa shape index (κ2) is 7.20. The van der Waals surface area contributed by atoms with Crippen molar-refractivity contribution in [2.45, 2.75) is 0 Å². The maximum absolute atomic E-state index is 11.6. The van der Waals surface area contributed by atoms with E-state index in [9.17, 15) is 9.59 Å². The molecule has 1 heterocycles. The fourth-order valence-corrected chi connectivity index (χ4v) is 2.02. The summed E-state index contributed by atoms with van der Waals surface area (Å²) >= 11 is 1.48. The van der Waals surface area contributed by atoms with Gasteiger partial charge in [-0.25, -0.2) is 5.43 Å². The smallest absolute Gasteiger partial charge is 0.329 e. The number of anilines is 1. The lowest BCUT2D eigenvalue weighted by atomic mass is 10.3. The molecule has 0 aliphatic carbocycles. The minimum Gasteiger partial charge on any atom is -0.497 e. The van der Waals surface area contributed by atoms with E-state index in [1.807, 2.05) is 17.5 Å². The molecule has 0 unspecified atom stereocenters. The zero-order valence-corrected chi connectivity index (χ0v) is 12.0. The SMILES string of the molecule is COc1ccc(NC(=O)C(=O)N/N=C\c2cccs2)cc1. The number of hydrazone groups is 1. The van der Waals surface area contributed by atoms with Crippen LogP contribution in [0.15, 0.2) is 46.9 Å². The van der Waals surface area contributed by atoms with Crippen LogP contribution in [0.25, 0.3) is 0 Å². The van der Waals surface area contributed by atoms with Crippen LogP contribution in [0.3, 0.4) is 0 Å². The summed E-state index contributed by atoms with van der Waals surface area (Å²) < 4.78 is 5.00. The molecule has 0 aliphatic rings. The van der Waals surface area contributed by atoms with Crippen LogP contribution in [0, 0.1) is 0 Å². The summed E-state index contributed by atoms with van der Waals surface area (Å²) in [4.78, 5) is 24.1. The predicted octanol–water partition coefficient (Wildman–Crippen LogP) is 1.85. The molecule has 0 aliphatic heterocycles. The fourth-order valence-electron chi connectivity index (χ4n) is 1.43. The summed E-state index contributed by atoms with van der Waals surface area (Å²) in [5.41, 5.74) is 2.66. The molecule has 2 rings (SSSR count). The zero-order chi connectivity index (χ0) is 15.1. The molecule has 0 spiro atoms. The molecule has 2 N–H and O–H groups in total. The molecule has 0 radical (unpaired) electrons. The van der Waals surface area contributed by atoms with Crippen molar-refractivity contribution in [3.63, 3.8) is 0 Å². The van der Waals surface area contributed by atoms with Crippen LogP contribution >= 0.6 is 11.3 Å². The Balaban J connectivity index is 1.85. The first-order valence-electron chi connectivity index (χ1n) is 6.01. The topological polar surface area (TPSA) is 79.8 Å². The lowest BCUT2D eigenvalue weighted by Crippen LogP contribution is -2.32. The first kappa shape index (κ1) is 14.7. The Kier molecular flexibility index (Phi) is 5.05. The molecule has 21 heavy (non-hydrogen) atoms. The molecule has 2 amide bonds. The van der Waals surface area contributed by atoms with E-state index >= 15 is 0 Å². The summed E-state index contributed by atoms with van der Waals surface area (Å²) in [5.74, 6) is -0.958. The van der Waals surface area contributed by atoms with Gasteiger partial charge in [-0.2, -0.15) is 5.10 Å². The van der Waals surface area contributed by atoms with Crippen LogP contribution in [0.4, 0.5) is 5.69 Å². The molecule has 2 aromatic rings. The van der Waals surface area contributed by atoms with E-state index in [1.54, 1.807) is 31.4 Å². The van der Waals surface area contributed by atoms with Gasteiger partial charge < -0.3 is 10.1 Å². The monoisotopic (exact) mass is 303 g/mol. The average Bonchev–Trinajstić information content (AvgIpc) is 3.01. The number of methoxy groups -OCH3 is 1. The second-order valence-corrected chi connectivity index (χ2v) is 4.88. The maximum atomic E-state index is 11.6. The van der Waals surface area contributed by atoms with Crippen molar-refractivity contribution in [3.8, 4) is 5.75 Å². The van der Waals surface area contributed by atoms with E-state index in [0.717, 1.165) is 4.88 Å². The number of carbonyl (C=O) groups is 2. The third-order valence-electron chi connectivity index (χ3n) is 2.46. The van der Waals surface area contributed by atoms with Crippen molar-refractivity contribution in [3.05, 3.63) is 46.7 Å². The van der Waals surface area contributed by atoms with Crippen molar-refractivity contribution < 1.29 is 14.3 Å². The highest BCUT2D eigenvalue weighted by atomic mass is 32.1. The number of nitrogens with zero attached hydrogens (tertiary/aromatic N) is 1. The number of nitrogens with one attached hydrogen (secondary N) is 2. The number of hydrogen-bond acceptors (Lipinski definition) is 5. The predicted molar refractivity (Wildman–Crippen MR) is 81.7 cm³/mol. The molecule has 0 saturated heterocycles. The minimum atomic E-state index is -0.835. The third-order valence-corrected chi connectivity index (χ3v) is 3.26. The number of hydrogen-bond donors (Lipinski definition) is 2. The van der Waals surface area contributed by atoms with Crippen LogP contribution in [0.2, 0.25) is 0 Å². The van der Waals surface area contributed by atoms with E-state index in [4.69, 9.17) is 4.74 Å². The van der Waals surface area contributed by atoms with Gasteiger partial charge in [0.1, 0.15) is 5.75 Å². The number of thiophene rings is 1. The van der Waals surface area contributed by atoms with Gasteiger partial charge in [0.25, 0.3) is 0 Å². The van der Waals surface area contributed by atoms with Gasteiger partial charge in [0, 0.05) is 10.6 Å². The Morgan fingerprint density at radius 3 is 2.57 bits per heavy atom. The Morgan fingerprint density at radius 1 is 1.19 bits per heavy atom. The molecule has 108 valence electrons. The number of amides is 2. The van der Waals surface area contributed by atoms with Gasteiger partial charge in [0.15, 0.2) is 0 Å². The normalized spacial score (nSPS) is 10.3. The Morgan fingerprint density at radius 2 is 1.95 bits per heavy atom. The highest BCUT2D eigenvalue weighted by Gasteiger charge is 2.12. The van der Waals surface area contributed by atoms with Crippen molar-refractivity contribution in [1.29, 1.82) is 0 Å². The standard InChI is InChI=1S/C14H13N3O3S/c1-20-11-6-4-10(5-7-11)16-13(18)14(19)17-15-9-12-3-2-8-21-12/h2-9H,1H3,(H,16,18)(H,17,19)/b15-9-. The van der Waals surface area contributed by atoms with Gasteiger partial charge in [-0.15, -0.1) is 11.3 Å². The van der Waals surface area contributed by atoms with E-state index in [2.05, 4.69) is 15.8 Å². The minimum absolute atomic E-state index is 0.498. The number of rotatable bonds is 4. The van der Waals surface area contributed by atoms with Crippen molar-refractivity contribution in [1.82, 2.24) is 5.43 Å². The van der Waals surface area contributed by atoms with Crippen LogP contribution in [-0.2, 0) is 9.59 Å². The lowest BCUT2D eigenvalue weighted by molar-refractivity contribution is -0.136. The van der Waals surface area contributed by atoms with E-state index in [0.29, 0.717) is 11.4 Å². The third kappa shape index (κ3) is 4.43. The van der Waals surface area contributed by atoms with Crippen molar-refractivity contribution >= 4 is 35.1 Å². The summed E-state index contributed by atoms with van der Waals surface area (Å²) in [6.45, 7) is 0. The van der Waals surface area contributed by atoms with Crippen molar-refractivity contribution in [2.75, 3.05) is 12.4 Å². The second-order valence-electron chi connectivity index (χ2n) is 3.90. The zero-order valence-electron chi connectivity index (χ0n) is 11.2. The Hall–Kier alpha value is -2.67. The van der Waals surface area contributed by atoms with Gasteiger partial charge in [-0.1, -0.05) is 6.07 Å². The summed E-state index contributed by atoms with van der Waals surface area (Å²) in [6.07, 6.45) is 1.48. The highest BCUT2D eigenvalue weighted by Crippen LogP contribution is 2.14. The molecule has 1 aromatic heterocycles. The van der Waals surface area contributed by atoms with Crippen LogP contribution in [-0.4, -0.2) is 25.1 Å². The molecule has 0 atom stereocenters. The number of benzene rings is 1. The van der Waals surface area contributed by atoms with Gasteiger partial charge in [-0.05, 0) is 35.7 Å². The van der Waals surface area contributed by atoms with Gasteiger partial charge in [0.05, 0.1) is 13.3 Å². The van der Waals surface area contributed by atoms with Gasteiger partial charge in [0.2, 0.25) is 0 Å². The lowest BCUT2D eigenvalue weighted by Gasteiger charge is -2.05. The van der Waals surface area contributed by atoms with Gasteiger partial charge >= 0.3 is 11.8 Å². The first-order chi connectivity index (χ1) is 10.2. The fraction of sp³-hybridized carbons (Fsp3) is 0.0714. The average molecular weight is 303 g/mol. The summed E-state index contributed by atoms with van der Waals surface area (Å²) in [5, 5.41) is 8.06. The summed E-state index contributed by atoms with van der Waals surface area (Å²) in [7, 11) is 1.55. The number of carbonyl (C=O) groups excluding carboxylic acids is 2. The van der Waals surface area contributed by atoms with Crippen LogP contribution in [0.1, 0.15) is 4.88 Å². The Bertz CT molecular complexity index is 636. The Labute approximate surface area is 125 Å². The van der Waals surface area contributed by atoms with E-state index < -0.39 is 11.8 Å². The molecular formula is C14H13N3O3S. The molecule has 0 saturated carbocycles. The highest BCUT2D eigenvalue weighted by molar-refractivity contribution is 7.11. The molecule has 1 aromatic carbocycles. The quantitative estimate of drug-likeness (QED) is 0.514. The molecule has 0 fully saturated rings. The van der Waals surface area contributed by atoms with Crippen LogP contribution < -0.4 is 15.5 Å². The van der Waals surface area contributed by atoms with E-state index in [1.165, 1.54) is 17.6 Å². The van der Waals surface area contributed by atoms with E-state index in [-0.39, 0.29) is 0 Å². The van der Waals surface area contributed by atoms with Gasteiger partial charge in [-0.3, -0.25) is 9.59 Å². The van der Waals surface area contributed by atoms with Crippen molar-refractivity contribution in [2.24, 2.45) is 5.10 Å². The number of ether oxygens (including phenoxy) is 1. The maximum Gasteiger partial charge on any atom is 0.329 e. The molecule has 7 heteroatoms. The molecule has 0 bridgehead atoms. The molecule has 6 nitrogen and oxygen atoms in total. The molecular weight excluding hydrogens is 290 g/mol. The van der Waals surface area contributed by atoms with Crippen LogP contribution in [0.5, 0.6) is 5.75 Å². The first-order valence-corrected chi connectivity index (χ1v) is 6.89.